The van der Waals surface area contributed by atoms with Gasteiger partial charge >= 0.3 is 0 Å². The summed E-state index contributed by atoms with van der Waals surface area (Å²) in [6.07, 6.45) is 2.84. The minimum absolute atomic E-state index is 0.0145. The molecule has 0 aliphatic carbocycles. The van der Waals surface area contributed by atoms with Crippen LogP contribution >= 0.6 is 0 Å². The summed E-state index contributed by atoms with van der Waals surface area (Å²) in [7, 11) is -0.768. The molecule has 5 atom stereocenters. The zero-order valence-corrected chi connectivity index (χ0v) is 33.5. The Kier molecular flexibility index (Phi) is 8.99. The number of hydrogen-bond donors (Lipinski definition) is 1. The second-order valence-corrected chi connectivity index (χ2v) is 20.6. The molecular weight excluding hydrogens is 731 g/mol. The normalized spacial score (nSPS) is 21.8. The van der Waals surface area contributed by atoms with Gasteiger partial charge < -0.3 is 19.5 Å². The lowest BCUT2D eigenvalue weighted by molar-refractivity contribution is -0.145. The van der Waals surface area contributed by atoms with E-state index in [2.05, 4.69) is 49.0 Å². The highest BCUT2D eigenvalue weighted by Gasteiger charge is 2.66. The van der Waals surface area contributed by atoms with Gasteiger partial charge in [0.2, 0.25) is 0 Å². The minimum Gasteiger partial charge on any atom is -0.497 e. The number of aromatic nitrogens is 3. The standard InChI is InChI=1S/C46H45N5O5Si/c1-6-25-50-38-23-18-32(51-39-17-11-15-30-14-10-16-35(41(30)39)44(51)53)27-36(38)46(45(50)54)29(2)43(57(4,5)34-21-19-33(55-3)20-22-34)40(56-46)24-26-49-28-37(47-48-49)42(52)31-12-8-7-9-13-31/h6-23,27-29,40,42-43,52H,1,24-26H2,2-5H3/t29-,40+,42-,43-,46+/m1/s1. The Bertz CT molecular complexity index is 2530. The van der Waals surface area contributed by atoms with Crippen molar-refractivity contribution >= 4 is 52.9 Å². The van der Waals surface area contributed by atoms with Gasteiger partial charge in [0.1, 0.15) is 17.5 Å². The van der Waals surface area contributed by atoms with Crippen LogP contribution in [0.3, 0.4) is 0 Å². The Hall–Kier alpha value is -5.88. The van der Waals surface area contributed by atoms with E-state index in [1.54, 1.807) is 33.9 Å². The van der Waals surface area contributed by atoms with Crippen LogP contribution in [0, 0.1) is 5.92 Å². The number of rotatable bonds is 11. The van der Waals surface area contributed by atoms with Gasteiger partial charge in [0.15, 0.2) is 5.60 Å². The highest BCUT2D eigenvalue weighted by molar-refractivity contribution is 6.91. The Balaban J connectivity index is 1.13. The fourth-order valence-electron chi connectivity index (χ4n) is 9.81. The first-order valence-corrected chi connectivity index (χ1v) is 22.5. The fourth-order valence-corrected chi connectivity index (χ4v) is 13.9. The van der Waals surface area contributed by atoms with E-state index in [0.717, 1.165) is 39.0 Å². The summed E-state index contributed by atoms with van der Waals surface area (Å²) in [5, 5.41) is 22.9. The summed E-state index contributed by atoms with van der Waals surface area (Å²) in [4.78, 5) is 32.8. The molecule has 5 aromatic carbocycles. The third kappa shape index (κ3) is 5.66. The zero-order chi connectivity index (χ0) is 39.6. The quantitative estimate of drug-likeness (QED) is 0.106. The molecule has 10 nitrogen and oxygen atoms in total. The van der Waals surface area contributed by atoms with E-state index in [4.69, 9.17) is 9.47 Å². The zero-order valence-electron chi connectivity index (χ0n) is 32.5. The third-order valence-corrected chi connectivity index (χ3v) is 16.9. The average Bonchev–Trinajstić information content (AvgIpc) is 3.97. The van der Waals surface area contributed by atoms with E-state index in [9.17, 15) is 9.90 Å². The molecule has 0 bridgehead atoms. The molecule has 2 amide bonds. The van der Waals surface area contributed by atoms with Crippen LogP contribution in [0.4, 0.5) is 17.1 Å². The SMILES string of the molecule is C=CCN1C(=O)[C@@]2(O[C@@H](CCn3cc([C@H](O)c4ccccc4)nn3)[C@H]([Si](C)(C)c3ccc(OC)cc3)[C@H]2C)c2cc(N3C(=O)c4cccc5cccc3c45)ccc21. The molecule has 1 N–H and O–H groups in total. The largest absolute Gasteiger partial charge is 0.497 e. The number of ether oxygens (including phenoxy) is 2. The molecule has 3 aliphatic heterocycles. The van der Waals surface area contributed by atoms with Crippen molar-refractivity contribution in [1.29, 1.82) is 0 Å². The second kappa shape index (κ2) is 13.9. The van der Waals surface area contributed by atoms with Crippen LogP contribution in [0.2, 0.25) is 18.6 Å². The number of carbonyl (C=O) groups excluding carboxylic acids is 2. The van der Waals surface area contributed by atoms with E-state index in [1.165, 1.54) is 5.19 Å². The second-order valence-electron chi connectivity index (χ2n) is 15.9. The lowest BCUT2D eigenvalue weighted by Crippen LogP contribution is -2.52. The highest BCUT2D eigenvalue weighted by atomic mass is 28.3. The van der Waals surface area contributed by atoms with Crippen LogP contribution in [-0.2, 0) is 21.7 Å². The van der Waals surface area contributed by atoms with Gasteiger partial charge in [0.25, 0.3) is 11.8 Å². The van der Waals surface area contributed by atoms with Gasteiger partial charge in [-0.15, -0.1) is 11.7 Å². The summed E-state index contributed by atoms with van der Waals surface area (Å²) in [6, 6.07) is 35.4. The maximum absolute atomic E-state index is 15.2. The molecule has 0 radical (unpaired) electrons. The number of nitrogens with zero attached hydrogens (tertiary/aromatic N) is 5. The van der Waals surface area contributed by atoms with Crippen LogP contribution in [0.1, 0.15) is 46.6 Å². The van der Waals surface area contributed by atoms with Crippen molar-refractivity contribution in [3.63, 3.8) is 0 Å². The fraction of sp³-hybridized carbons (Fsp3) is 0.261. The van der Waals surface area contributed by atoms with Crippen molar-refractivity contribution < 1.29 is 24.2 Å². The number of fused-ring (bicyclic) bond motifs is 2. The smallest absolute Gasteiger partial charge is 0.264 e. The van der Waals surface area contributed by atoms with Gasteiger partial charge in [-0.1, -0.05) is 103 Å². The molecule has 1 spiro atoms. The van der Waals surface area contributed by atoms with E-state index in [1.807, 2.05) is 97.1 Å². The van der Waals surface area contributed by atoms with Crippen molar-refractivity contribution in [2.45, 2.75) is 56.3 Å². The Morgan fingerprint density at radius 3 is 2.46 bits per heavy atom. The number of benzene rings is 5. The van der Waals surface area contributed by atoms with Crippen molar-refractivity contribution in [3.8, 4) is 5.75 Å². The Morgan fingerprint density at radius 1 is 0.965 bits per heavy atom. The van der Waals surface area contributed by atoms with Gasteiger partial charge in [-0.2, -0.15) is 0 Å². The van der Waals surface area contributed by atoms with E-state index in [0.29, 0.717) is 36.5 Å². The molecule has 1 fully saturated rings. The number of anilines is 3. The lowest BCUT2D eigenvalue weighted by atomic mass is 9.82. The first kappa shape index (κ1) is 36.7. The number of aliphatic hydroxyl groups excluding tert-OH is 1. The van der Waals surface area contributed by atoms with E-state index >= 15 is 4.79 Å². The molecule has 1 aromatic heterocycles. The van der Waals surface area contributed by atoms with Crippen LogP contribution in [0.5, 0.6) is 5.75 Å². The Labute approximate surface area is 333 Å². The number of aliphatic hydroxyl groups is 1. The molecule has 3 aliphatic rings. The van der Waals surface area contributed by atoms with E-state index in [-0.39, 0.29) is 29.4 Å². The van der Waals surface area contributed by atoms with Crippen LogP contribution < -0.4 is 19.7 Å². The number of methoxy groups -OCH3 is 1. The van der Waals surface area contributed by atoms with Crippen molar-refractivity contribution in [2.24, 2.45) is 5.92 Å². The highest BCUT2D eigenvalue weighted by Crippen LogP contribution is 2.60. The summed E-state index contributed by atoms with van der Waals surface area (Å²) in [5.74, 6) is 0.315. The van der Waals surface area contributed by atoms with E-state index < -0.39 is 19.8 Å². The molecule has 288 valence electrons. The Morgan fingerprint density at radius 2 is 1.72 bits per heavy atom. The molecule has 6 aromatic rings. The van der Waals surface area contributed by atoms with Gasteiger partial charge in [0.05, 0.1) is 44.4 Å². The molecular formula is C46H45N5O5Si. The van der Waals surface area contributed by atoms with Crippen LogP contribution in [0.25, 0.3) is 10.8 Å². The summed E-state index contributed by atoms with van der Waals surface area (Å²) >= 11 is 0. The van der Waals surface area contributed by atoms with Gasteiger partial charge in [-0.25, -0.2) is 0 Å². The molecule has 0 unspecified atom stereocenters. The predicted octanol–water partition coefficient (Wildman–Crippen LogP) is 7.65. The van der Waals surface area contributed by atoms with Crippen molar-refractivity contribution in [1.82, 2.24) is 15.0 Å². The first-order valence-electron chi connectivity index (χ1n) is 19.5. The molecule has 4 heterocycles. The number of carbonyl (C=O) groups is 2. The maximum atomic E-state index is 15.2. The van der Waals surface area contributed by atoms with Crippen LogP contribution in [-0.4, -0.2) is 59.7 Å². The molecule has 0 saturated carbocycles. The van der Waals surface area contributed by atoms with Crippen molar-refractivity contribution in [3.05, 3.63) is 150 Å². The van der Waals surface area contributed by atoms with Crippen molar-refractivity contribution in [2.75, 3.05) is 23.5 Å². The minimum atomic E-state index is -2.43. The summed E-state index contributed by atoms with van der Waals surface area (Å²) in [6.45, 7) is 11.7. The summed E-state index contributed by atoms with van der Waals surface area (Å²) in [5.41, 5.74) is 3.56. The maximum Gasteiger partial charge on any atom is 0.264 e. The number of amides is 2. The number of hydrogen-bond acceptors (Lipinski definition) is 7. The monoisotopic (exact) mass is 775 g/mol. The predicted molar refractivity (Wildman–Crippen MR) is 224 cm³/mol. The molecule has 9 rings (SSSR count). The van der Waals surface area contributed by atoms with Gasteiger partial charge in [-0.3, -0.25) is 19.2 Å². The lowest BCUT2D eigenvalue weighted by Gasteiger charge is -2.37. The third-order valence-electron chi connectivity index (χ3n) is 12.5. The topological polar surface area (TPSA) is 110 Å². The van der Waals surface area contributed by atoms with Crippen LogP contribution in [0.15, 0.2) is 128 Å². The average molecular weight is 776 g/mol. The number of aryl methyl sites for hydroxylation is 1. The molecule has 57 heavy (non-hydrogen) atoms. The molecule has 1 saturated heterocycles. The first-order chi connectivity index (χ1) is 27.6. The van der Waals surface area contributed by atoms with Gasteiger partial charge in [0, 0.05) is 35.6 Å². The van der Waals surface area contributed by atoms with Gasteiger partial charge in [-0.05, 0) is 65.4 Å². The molecule has 11 heteroatoms. The summed E-state index contributed by atoms with van der Waals surface area (Å²) < 4.78 is 14.7.